The smallest absolute Gasteiger partial charge is 0.405 e. The first-order valence-corrected chi connectivity index (χ1v) is 5.03. The lowest BCUT2D eigenvalue weighted by Crippen LogP contribution is -2.20. The maximum Gasteiger partial charge on any atom is 0.573 e. The van der Waals surface area contributed by atoms with E-state index in [-0.39, 0.29) is 10.8 Å². The molecule has 0 saturated heterocycles. The van der Waals surface area contributed by atoms with Crippen LogP contribution in [0.15, 0.2) is 36.4 Å². The van der Waals surface area contributed by atoms with Crippen molar-refractivity contribution in [1.29, 1.82) is 0 Å². The molecule has 0 spiro atoms. The summed E-state index contributed by atoms with van der Waals surface area (Å²) < 4.78 is 78.5. The fraction of sp³-hybridized carbons (Fsp3) is 0.167. The molecular weight excluding hydrogens is 274 g/mol. The van der Waals surface area contributed by atoms with Gasteiger partial charge in [-0.3, -0.25) is 0 Å². The van der Waals surface area contributed by atoms with Gasteiger partial charge in [-0.15, -0.1) is 13.2 Å². The van der Waals surface area contributed by atoms with Crippen molar-refractivity contribution in [2.75, 3.05) is 0 Å². The van der Waals surface area contributed by atoms with Crippen molar-refractivity contribution in [3.8, 4) is 5.75 Å². The Labute approximate surface area is 103 Å². The van der Waals surface area contributed by atoms with Crippen LogP contribution in [0.2, 0.25) is 0 Å². The van der Waals surface area contributed by atoms with Crippen molar-refractivity contribution in [2.24, 2.45) is 0 Å². The molecule has 0 saturated carbocycles. The maximum absolute atomic E-state index is 12.9. The van der Waals surface area contributed by atoms with Gasteiger partial charge in [0.15, 0.2) is 0 Å². The molecule has 102 valence electrons. The van der Waals surface area contributed by atoms with E-state index in [0.717, 1.165) is 12.1 Å². The van der Waals surface area contributed by atoms with Gasteiger partial charge < -0.3 is 4.74 Å². The molecule has 0 aromatic heterocycles. The Hall–Kier alpha value is -1.92. The minimum atomic E-state index is -5.18. The molecule has 0 N–H and O–H groups in total. The molecular formula is C12H6F6O. The second kappa shape index (κ2) is 4.32. The molecule has 0 unspecified atom stereocenters. The summed E-state index contributed by atoms with van der Waals surface area (Å²) in [7, 11) is 0. The molecule has 19 heavy (non-hydrogen) atoms. The summed E-state index contributed by atoms with van der Waals surface area (Å²) in [5, 5.41) is -0.152. The zero-order chi connectivity index (χ0) is 14.3. The Morgan fingerprint density at radius 3 is 2.00 bits per heavy atom. The molecule has 2 aromatic carbocycles. The summed E-state index contributed by atoms with van der Waals surface area (Å²) in [4.78, 5) is 0. The van der Waals surface area contributed by atoms with Crippen LogP contribution in [0.1, 0.15) is 5.56 Å². The van der Waals surface area contributed by atoms with E-state index < -0.39 is 23.9 Å². The van der Waals surface area contributed by atoms with Crippen LogP contribution in [0.25, 0.3) is 10.8 Å². The molecule has 2 aromatic rings. The minimum Gasteiger partial charge on any atom is -0.405 e. The van der Waals surface area contributed by atoms with Gasteiger partial charge in [-0.05, 0) is 16.8 Å². The fourth-order valence-corrected chi connectivity index (χ4v) is 1.75. The summed E-state index contributed by atoms with van der Waals surface area (Å²) in [6.07, 6.45) is -10.1. The van der Waals surface area contributed by atoms with E-state index in [1.54, 1.807) is 0 Å². The maximum atomic E-state index is 12.9. The largest absolute Gasteiger partial charge is 0.573 e. The van der Waals surface area contributed by atoms with Crippen molar-refractivity contribution in [1.82, 2.24) is 0 Å². The van der Waals surface area contributed by atoms with Crippen LogP contribution >= 0.6 is 0 Å². The molecule has 7 heteroatoms. The van der Waals surface area contributed by atoms with E-state index in [1.165, 1.54) is 18.2 Å². The van der Waals surface area contributed by atoms with E-state index in [4.69, 9.17) is 0 Å². The molecule has 1 nitrogen and oxygen atoms in total. The predicted molar refractivity (Wildman–Crippen MR) is 55.6 cm³/mol. The molecule has 0 aliphatic rings. The Bertz CT molecular complexity index is 599. The third-order valence-corrected chi connectivity index (χ3v) is 2.40. The van der Waals surface area contributed by atoms with Crippen molar-refractivity contribution in [3.63, 3.8) is 0 Å². The molecule has 0 amide bonds. The third-order valence-electron chi connectivity index (χ3n) is 2.40. The first kappa shape index (κ1) is 13.5. The monoisotopic (exact) mass is 280 g/mol. The summed E-state index contributed by atoms with van der Waals surface area (Å²) >= 11 is 0. The number of fused-ring (bicyclic) bond motifs is 1. The van der Waals surface area contributed by atoms with Crippen LogP contribution in [-0.4, -0.2) is 6.36 Å². The Kier molecular flexibility index (Phi) is 3.07. The standard InChI is InChI=1S/C12H6F6O/c13-11(14,15)10-8-4-2-1-3-7(8)5-6-9(10)19-12(16,17)18/h1-6H. The molecule has 0 fully saturated rings. The fourth-order valence-electron chi connectivity index (χ4n) is 1.75. The molecule has 0 atom stereocenters. The van der Waals surface area contributed by atoms with Gasteiger partial charge >= 0.3 is 12.5 Å². The molecule has 0 radical (unpaired) electrons. The number of benzene rings is 2. The zero-order valence-corrected chi connectivity index (χ0v) is 9.14. The SMILES string of the molecule is FC(F)(F)Oc1ccc2ccccc2c1C(F)(F)F. The number of hydrogen-bond donors (Lipinski definition) is 0. The predicted octanol–water partition coefficient (Wildman–Crippen LogP) is 4.76. The number of alkyl halides is 6. The summed E-state index contributed by atoms with van der Waals surface area (Å²) in [6.45, 7) is 0. The van der Waals surface area contributed by atoms with Crippen molar-refractivity contribution in [2.45, 2.75) is 12.5 Å². The summed E-state index contributed by atoms with van der Waals surface area (Å²) in [6, 6.07) is 7.09. The quantitative estimate of drug-likeness (QED) is 0.684. The first-order valence-electron chi connectivity index (χ1n) is 5.03. The number of ether oxygens (including phenoxy) is 1. The van der Waals surface area contributed by atoms with Gasteiger partial charge in [0.25, 0.3) is 0 Å². The van der Waals surface area contributed by atoms with Gasteiger partial charge in [-0.25, -0.2) is 0 Å². The minimum absolute atomic E-state index is 0.185. The van der Waals surface area contributed by atoms with Gasteiger partial charge in [-0.2, -0.15) is 13.2 Å². The topological polar surface area (TPSA) is 9.23 Å². The van der Waals surface area contributed by atoms with Gasteiger partial charge in [0, 0.05) is 0 Å². The van der Waals surface area contributed by atoms with Crippen LogP contribution in [0.4, 0.5) is 26.3 Å². The van der Waals surface area contributed by atoms with Crippen LogP contribution < -0.4 is 4.74 Å². The Morgan fingerprint density at radius 1 is 0.789 bits per heavy atom. The second-order valence-electron chi connectivity index (χ2n) is 3.71. The van der Waals surface area contributed by atoms with E-state index in [2.05, 4.69) is 4.74 Å². The molecule has 0 bridgehead atoms. The van der Waals surface area contributed by atoms with Gasteiger partial charge in [0.1, 0.15) is 11.3 Å². The van der Waals surface area contributed by atoms with E-state index in [1.807, 2.05) is 0 Å². The summed E-state index contributed by atoms with van der Waals surface area (Å²) in [5.74, 6) is -1.25. The van der Waals surface area contributed by atoms with Crippen molar-refractivity contribution in [3.05, 3.63) is 42.0 Å². The average molecular weight is 280 g/mol. The Balaban J connectivity index is 2.71. The lowest BCUT2D eigenvalue weighted by Gasteiger charge is -2.17. The van der Waals surface area contributed by atoms with Gasteiger partial charge in [-0.1, -0.05) is 30.3 Å². The lowest BCUT2D eigenvalue weighted by atomic mass is 10.0. The number of hydrogen-bond acceptors (Lipinski definition) is 1. The highest BCUT2D eigenvalue weighted by Gasteiger charge is 2.40. The highest BCUT2D eigenvalue weighted by molar-refractivity contribution is 5.88. The molecule has 0 aliphatic carbocycles. The Morgan fingerprint density at radius 2 is 1.42 bits per heavy atom. The third kappa shape index (κ3) is 2.91. The summed E-state index contributed by atoms with van der Waals surface area (Å²) in [5.41, 5.74) is -1.43. The molecule has 0 aliphatic heterocycles. The zero-order valence-electron chi connectivity index (χ0n) is 9.14. The van der Waals surface area contributed by atoms with E-state index in [9.17, 15) is 26.3 Å². The molecule has 2 rings (SSSR count). The normalized spacial score (nSPS) is 12.7. The highest BCUT2D eigenvalue weighted by Crippen LogP contribution is 2.42. The van der Waals surface area contributed by atoms with Crippen LogP contribution in [-0.2, 0) is 6.18 Å². The first-order chi connectivity index (χ1) is 8.68. The molecule has 0 heterocycles. The van der Waals surface area contributed by atoms with Crippen molar-refractivity contribution < 1.29 is 31.1 Å². The second-order valence-corrected chi connectivity index (χ2v) is 3.71. The van der Waals surface area contributed by atoms with Crippen molar-refractivity contribution >= 4 is 10.8 Å². The van der Waals surface area contributed by atoms with Gasteiger partial charge in [0.05, 0.1) is 0 Å². The average Bonchev–Trinajstić information content (AvgIpc) is 2.24. The van der Waals surface area contributed by atoms with E-state index >= 15 is 0 Å². The highest BCUT2D eigenvalue weighted by atomic mass is 19.4. The van der Waals surface area contributed by atoms with E-state index in [0.29, 0.717) is 6.07 Å². The lowest BCUT2D eigenvalue weighted by molar-refractivity contribution is -0.276. The van der Waals surface area contributed by atoms with Crippen LogP contribution in [0.3, 0.4) is 0 Å². The van der Waals surface area contributed by atoms with Crippen LogP contribution in [0, 0.1) is 0 Å². The van der Waals surface area contributed by atoms with Gasteiger partial charge in [0.2, 0.25) is 0 Å². The number of halogens is 6. The van der Waals surface area contributed by atoms with Crippen LogP contribution in [0.5, 0.6) is 5.75 Å². The number of rotatable bonds is 1.